The molecule has 2 N–H and O–H groups in total. The average Bonchev–Trinajstić information content (AvgIpc) is 2.75. The van der Waals surface area contributed by atoms with Crippen LogP contribution in [0.25, 0.3) is 21.9 Å². The number of thioether (sulfide) groups is 1. The fraction of sp³-hybridized carbons (Fsp3) is 0.333. The van der Waals surface area contributed by atoms with Crippen molar-refractivity contribution in [2.24, 2.45) is 0 Å². The Labute approximate surface area is 122 Å². The van der Waals surface area contributed by atoms with Crippen LogP contribution in [0.3, 0.4) is 0 Å². The number of para-hydroxylation sites is 1. The zero-order valence-electron chi connectivity index (χ0n) is 11.9. The Bertz CT molecular complexity index is 776. The van der Waals surface area contributed by atoms with Gasteiger partial charge in [-0.05, 0) is 26.2 Å². The van der Waals surface area contributed by atoms with Gasteiger partial charge >= 0.3 is 0 Å². The van der Waals surface area contributed by atoms with E-state index in [1.807, 2.05) is 30.0 Å². The third-order valence-electron chi connectivity index (χ3n) is 3.60. The van der Waals surface area contributed by atoms with E-state index in [1.165, 1.54) is 0 Å². The molecule has 0 amide bonds. The van der Waals surface area contributed by atoms with Gasteiger partial charge in [0, 0.05) is 16.7 Å². The summed E-state index contributed by atoms with van der Waals surface area (Å²) in [5, 5.41) is 1.10. The number of rotatable bonds is 3. The van der Waals surface area contributed by atoms with E-state index < -0.39 is 0 Å². The summed E-state index contributed by atoms with van der Waals surface area (Å²) in [6.45, 7) is 5.25. The predicted molar refractivity (Wildman–Crippen MR) is 87.0 cm³/mol. The highest BCUT2D eigenvalue weighted by Gasteiger charge is 2.21. The first kappa shape index (κ1) is 13.2. The number of hydrogen-bond donors (Lipinski definition) is 1. The number of nitrogen functional groups attached to an aromatic ring is 1. The Kier molecular flexibility index (Phi) is 3.09. The molecule has 0 saturated heterocycles. The van der Waals surface area contributed by atoms with Crippen LogP contribution in [0.5, 0.6) is 0 Å². The maximum atomic E-state index is 6.12. The first-order valence-electron chi connectivity index (χ1n) is 6.56. The second-order valence-electron chi connectivity index (χ2n) is 5.53. The van der Waals surface area contributed by atoms with Gasteiger partial charge < -0.3 is 10.3 Å². The summed E-state index contributed by atoms with van der Waals surface area (Å²) in [7, 11) is 0. The van der Waals surface area contributed by atoms with Crippen LogP contribution in [0.4, 0.5) is 5.95 Å². The topological polar surface area (TPSA) is 56.7 Å². The van der Waals surface area contributed by atoms with E-state index in [4.69, 9.17) is 5.73 Å². The molecule has 1 aromatic carbocycles. The molecule has 0 radical (unpaired) electrons. The molecule has 0 aliphatic carbocycles. The third kappa shape index (κ3) is 2.12. The van der Waals surface area contributed by atoms with Crippen molar-refractivity contribution in [1.82, 2.24) is 14.5 Å². The largest absolute Gasteiger partial charge is 0.369 e. The maximum Gasteiger partial charge on any atom is 0.201 e. The van der Waals surface area contributed by atoms with Gasteiger partial charge in [-0.2, -0.15) is 11.8 Å². The lowest BCUT2D eigenvalue weighted by Gasteiger charge is -2.23. The molecule has 3 aromatic rings. The van der Waals surface area contributed by atoms with Crippen molar-refractivity contribution in [3.05, 3.63) is 30.5 Å². The molecular formula is C15H18N4S. The van der Waals surface area contributed by atoms with Gasteiger partial charge in [-0.1, -0.05) is 18.2 Å². The standard InChI is InChI=1S/C15H18N4S/c1-15(2,20-3)9-19-13-10-6-4-5-7-11(10)17-8-12(13)18-14(19)16/h4-8H,9H2,1-3H3,(H2,16,18). The molecule has 0 unspecified atom stereocenters. The Morgan fingerprint density at radius 2 is 2.00 bits per heavy atom. The minimum Gasteiger partial charge on any atom is -0.369 e. The number of nitrogens with two attached hydrogens (primary N) is 1. The number of imidazole rings is 1. The fourth-order valence-electron chi connectivity index (χ4n) is 2.39. The van der Waals surface area contributed by atoms with Crippen molar-refractivity contribution >= 4 is 39.6 Å². The second-order valence-corrected chi connectivity index (χ2v) is 7.04. The molecule has 2 heterocycles. The van der Waals surface area contributed by atoms with Crippen LogP contribution in [0.1, 0.15) is 13.8 Å². The van der Waals surface area contributed by atoms with E-state index in [9.17, 15) is 0 Å². The van der Waals surface area contributed by atoms with E-state index in [-0.39, 0.29) is 4.75 Å². The van der Waals surface area contributed by atoms with Gasteiger partial charge in [0.15, 0.2) is 0 Å². The molecule has 0 atom stereocenters. The van der Waals surface area contributed by atoms with Gasteiger partial charge in [0.1, 0.15) is 5.52 Å². The summed E-state index contributed by atoms with van der Waals surface area (Å²) < 4.78 is 2.21. The van der Waals surface area contributed by atoms with Gasteiger partial charge in [-0.3, -0.25) is 4.98 Å². The van der Waals surface area contributed by atoms with Crippen LogP contribution in [0.2, 0.25) is 0 Å². The zero-order chi connectivity index (χ0) is 14.3. The van der Waals surface area contributed by atoms with Crippen LogP contribution < -0.4 is 5.73 Å². The molecule has 2 aromatic heterocycles. The molecule has 0 bridgehead atoms. The van der Waals surface area contributed by atoms with E-state index in [0.29, 0.717) is 5.95 Å². The van der Waals surface area contributed by atoms with E-state index in [0.717, 1.165) is 28.5 Å². The molecule has 5 heteroatoms. The quantitative estimate of drug-likeness (QED) is 0.802. The molecular weight excluding hydrogens is 268 g/mol. The van der Waals surface area contributed by atoms with E-state index in [1.54, 1.807) is 6.20 Å². The third-order valence-corrected chi connectivity index (χ3v) is 4.83. The van der Waals surface area contributed by atoms with Crippen molar-refractivity contribution in [3.63, 3.8) is 0 Å². The van der Waals surface area contributed by atoms with Crippen molar-refractivity contribution in [2.45, 2.75) is 25.1 Å². The highest BCUT2D eigenvalue weighted by atomic mass is 32.2. The molecule has 3 rings (SSSR count). The van der Waals surface area contributed by atoms with Gasteiger partial charge in [0.05, 0.1) is 17.2 Å². The highest BCUT2D eigenvalue weighted by molar-refractivity contribution is 7.99. The van der Waals surface area contributed by atoms with Gasteiger partial charge in [-0.15, -0.1) is 0 Å². The SMILES string of the molecule is CSC(C)(C)Cn1c(N)nc2cnc3ccccc3c21. The molecule has 0 aliphatic rings. The van der Waals surface area contributed by atoms with E-state index >= 15 is 0 Å². The molecule has 104 valence electrons. The first-order valence-corrected chi connectivity index (χ1v) is 7.79. The lowest BCUT2D eigenvalue weighted by Crippen LogP contribution is -2.23. The Balaban J connectivity index is 2.30. The number of benzene rings is 1. The maximum absolute atomic E-state index is 6.12. The smallest absolute Gasteiger partial charge is 0.201 e. The summed E-state index contributed by atoms with van der Waals surface area (Å²) in [5.41, 5.74) is 9.03. The number of aromatic nitrogens is 3. The minimum atomic E-state index is 0.103. The Morgan fingerprint density at radius 1 is 1.25 bits per heavy atom. The van der Waals surface area contributed by atoms with Crippen LogP contribution in [0.15, 0.2) is 30.5 Å². The minimum absolute atomic E-state index is 0.103. The Hall–Kier alpha value is -1.75. The monoisotopic (exact) mass is 286 g/mol. The molecule has 0 spiro atoms. The second kappa shape index (κ2) is 4.66. The molecule has 0 saturated carbocycles. The summed E-state index contributed by atoms with van der Waals surface area (Å²) in [5.74, 6) is 0.556. The highest BCUT2D eigenvalue weighted by Crippen LogP contribution is 2.30. The fourth-order valence-corrected chi connectivity index (χ4v) is 2.64. The van der Waals surface area contributed by atoms with Crippen molar-refractivity contribution in [2.75, 3.05) is 12.0 Å². The summed E-state index contributed by atoms with van der Waals surface area (Å²) in [6.07, 6.45) is 3.92. The van der Waals surface area contributed by atoms with Gasteiger partial charge in [0.25, 0.3) is 0 Å². The normalized spacial score (nSPS) is 12.3. The number of hydrogen-bond acceptors (Lipinski definition) is 4. The van der Waals surface area contributed by atoms with Crippen molar-refractivity contribution < 1.29 is 0 Å². The average molecular weight is 286 g/mol. The van der Waals surface area contributed by atoms with Crippen LogP contribution >= 0.6 is 11.8 Å². The number of nitrogens with zero attached hydrogens (tertiary/aromatic N) is 3. The first-order chi connectivity index (χ1) is 9.52. The molecule has 0 aliphatic heterocycles. The van der Waals surface area contributed by atoms with Crippen LogP contribution in [-0.2, 0) is 6.54 Å². The van der Waals surface area contributed by atoms with Crippen LogP contribution in [-0.4, -0.2) is 25.5 Å². The summed E-state index contributed by atoms with van der Waals surface area (Å²) >= 11 is 1.83. The van der Waals surface area contributed by atoms with Crippen LogP contribution in [0, 0.1) is 0 Å². The van der Waals surface area contributed by atoms with Crippen molar-refractivity contribution in [1.29, 1.82) is 0 Å². The Morgan fingerprint density at radius 3 is 2.75 bits per heavy atom. The van der Waals surface area contributed by atoms with Gasteiger partial charge in [0.2, 0.25) is 5.95 Å². The zero-order valence-corrected chi connectivity index (χ0v) is 12.7. The number of pyridine rings is 1. The lowest BCUT2D eigenvalue weighted by molar-refractivity contribution is 0.586. The van der Waals surface area contributed by atoms with Gasteiger partial charge in [-0.25, -0.2) is 4.98 Å². The van der Waals surface area contributed by atoms with E-state index in [2.05, 4.69) is 40.7 Å². The lowest BCUT2D eigenvalue weighted by atomic mass is 10.1. The molecule has 4 nitrogen and oxygen atoms in total. The summed E-state index contributed by atoms with van der Waals surface area (Å²) in [6, 6.07) is 8.12. The summed E-state index contributed by atoms with van der Waals surface area (Å²) in [4.78, 5) is 8.89. The predicted octanol–water partition coefficient (Wildman–Crippen LogP) is 3.31. The molecule has 0 fully saturated rings. The molecule has 20 heavy (non-hydrogen) atoms. The number of anilines is 1. The number of fused-ring (bicyclic) bond motifs is 3. The van der Waals surface area contributed by atoms with Crippen molar-refractivity contribution in [3.8, 4) is 0 Å².